The summed E-state index contributed by atoms with van der Waals surface area (Å²) in [5, 5.41) is 1.03. The molecule has 0 spiro atoms. The first-order valence-corrected chi connectivity index (χ1v) is 8.33. The lowest BCUT2D eigenvalue weighted by atomic mass is 10.00. The van der Waals surface area contributed by atoms with Gasteiger partial charge in [-0.25, -0.2) is 4.79 Å². The minimum atomic E-state index is -0.275. The summed E-state index contributed by atoms with van der Waals surface area (Å²) in [6, 6.07) is 14.1. The predicted molar refractivity (Wildman–Crippen MR) is 97.0 cm³/mol. The largest absolute Gasteiger partial charge is 0.493 e. The predicted octanol–water partition coefficient (Wildman–Crippen LogP) is 4.59. The number of fused-ring (bicyclic) bond motifs is 1. The third kappa shape index (κ3) is 3.21. The van der Waals surface area contributed by atoms with E-state index >= 15 is 0 Å². The lowest BCUT2D eigenvalue weighted by Gasteiger charge is -2.12. The Morgan fingerprint density at radius 1 is 1.04 bits per heavy atom. The second-order valence-corrected chi connectivity index (χ2v) is 6.03. The van der Waals surface area contributed by atoms with Gasteiger partial charge in [-0.15, -0.1) is 0 Å². The summed E-state index contributed by atoms with van der Waals surface area (Å²) in [6.07, 6.45) is 1.71. The minimum absolute atomic E-state index is 0.275. The van der Waals surface area contributed by atoms with E-state index in [1.165, 1.54) is 5.56 Å². The molecule has 0 saturated heterocycles. The molecule has 3 rings (SSSR count). The fourth-order valence-electron chi connectivity index (χ4n) is 2.96. The maximum absolute atomic E-state index is 12.0. The highest BCUT2D eigenvalue weighted by Gasteiger charge is 2.13. The van der Waals surface area contributed by atoms with Crippen LogP contribution >= 0.6 is 0 Å². The van der Waals surface area contributed by atoms with E-state index in [0.29, 0.717) is 17.8 Å². The summed E-state index contributed by atoms with van der Waals surface area (Å²) in [6.45, 7) is 6.48. The highest BCUT2D eigenvalue weighted by molar-refractivity contribution is 5.86. The van der Waals surface area contributed by atoms with E-state index < -0.39 is 0 Å². The molecule has 0 fully saturated rings. The third-order valence-electron chi connectivity index (χ3n) is 4.49. The quantitative estimate of drug-likeness (QED) is 0.645. The SMILES string of the molecule is CCc1cc(OCCc2ccccc2)cc2oc(=O)c(C)c(C)c12. The molecule has 3 nitrogen and oxygen atoms in total. The molecule has 1 aromatic heterocycles. The molecule has 124 valence electrons. The van der Waals surface area contributed by atoms with Crippen molar-refractivity contribution in [2.24, 2.45) is 0 Å². The molecular formula is C21H22O3. The number of aryl methyl sites for hydroxylation is 2. The van der Waals surface area contributed by atoms with E-state index in [1.807, 2.05) is 38.1 Å². The van der Waals surface area contributed by atoms with Gasteiger partial charge in [0.05, 0.1) is 6.61 Å². The lowest BCUT2D eigenvalue weighted by Crippen LogP contribution is -2.07. The van der Waals surface area contributed by atoms with Crippen molar-refractivity contribution in [2.45, 2.75) is 33.6 Å². The van der Waals surface area contributed by atoms with Crippen molar-refractivity contribution in [1.82, 2.24) is 0 Å². The Bertz CT molecular complexity index is 908. The molecule has 3 aromatic rings. The highest BCUT2D eigenvalue weighted by Crippen LogP contribution is 2.29. The molecule has 0 amide bonds. The summed E-state index contributed by atoms with van der Waals surface area (Å²) in [5.41, 5.74) is 4.39. The molecule has 3 heteroatoms. The molecule has 0 N–H and O–H groups in total. The first-order valence-electron chi connectivity index (χ1n) is 8.33. The number of hydrogen-bond donors (Lipinski definition) is 0. The zero-order valence-electron chi connectivity index (χ0n) is 14.4. The Kier molecular flexibility index (Phi) is 4.70. The number of benzene rings is 2. The van der Waals surface area contributed by atoms with Gasteiger partial charge in [0, 0.05) is 23.4 Å². The van der Waals surface area contributed by atoms with Crippen LogP contribution < -0.4 is 10.4 Å². The maximum atomic E-state index is 12.0. The van der Waals surface area contributed by atoms with E-state index in [9.17, 15) is 4.79 Å². The van der Waals surface area contributed by atoms with Crippen LogP contribution in [0.1, 0.15) is 29.2 Å². The van der Waals surface area contributed by atoms with Gasteiger partial charge in [0.2, 0.25) is 0 Å². The summed E-state index contributed by atoms with van der Waals surface area (Å²) < 4.78 is 11.4. The zero-order valence-corrected chi connectivity index (χ0v) is 14.4. The van der Waals surface area contributed by atoms with Crippen molar-refractivity contribution in [3.05, 3.63) is 75.1 Å². The fourth-order valence-corrected chi connectivity index (χ4v) is 2.96. The van der Waals surface area contributed by atoms with E-state index in [4.69, 9.17) is 9.15 Å². The van der Waals surface area contributed by atoms with Gasteiger partial charge in [-0.3, -0.25) is 0 Å². The van der Waals surface area contributed by atoms with Crippen molar-refractivity contribution < 1.29 is 9.15 Å². The Morgan fingerprint density at radius 2 is 1.79 bits per heavy atom. The van der Waals surface area contributed by atoms with Crippen molar-refractivity contribution >= 4 is 11.0 Å². The number of rotatable bonds is 5. The second kappa shape index (κ2) is 6.91. The Hall–Kier alpha value is -2.55. The van der Waals surface area contributed by atoms with Crippen LogP contribution in [0.4, 0.5) is 0 Å². The maximum Gasteiger partial charge on any atom is 0.339 e. The van der Waals surface area contributed by atoms with Gasteiger partial charge >= 0.3 is 5.63 Å². The smallest absolute Gasteiger partial charge is 0.339 e. The Labute approximate surface area is 141 Å². The molecule has 0 aliphatic rings. The highest BCUT2D eigenvalue weighted by atomic mass is 16.5. The van der Waals surface area contributed by atoms with Crippen LogP contribution in [-0.2, 0) is 12.8 Å². The molecule has 0 aliphatic carbocycles. The van der Waals surface area contributed by atoms with Crippen molar-refractivity contribution in [1.29, 1.82) is 0 Å². The standard InChI is InChI=1S/C21H22O3/c1-4-17-12-18(23-11-10-16-8-6-5-7-9-16)13-19-20(17)14(2)15(3)21(22)24-19/h5-9,12-13H,4,10-11H2,1-3H3. The van der Waals surface area contributed by atoms with E-state index in [1.54, 1.807) is 0 Å². The van der Waals surface area contributed by atoms with Gasteiger partial charge in [0.25, 0.3) is 0 Å². The second-order valence-electron chi connectivity index (χ2n) is 6.03. The van der Waals surface area contributed by atoms with Gasteiger partial charge in [-0.2, -0.15) is 0 Å². The monoisotopic (exact) mass is 322 g/mol. The van der Waals surface area contributed by atoms with Crippen LogP contribution in [0.5, 0.6) is 5.75 Å². The topological polar surface area (TPSA) is 39.4 Å². The summed E-state index contributed by atoms with van der Waals surface area (Å²) in [5.74, 6) is 0.752. The van der Waals surface area contributed by atoms with E-state index in [2.05, 4.69) is 25.1 Å². The van der Waals surface area contributed by atoms with Crippen molar-refractivity contribution in [3.63, 3.8) is 0 Å². The van der Waals surface area contributed by atoms with Crippen LogP contribution in [0, 0.1) is 13.8 Å². The molecule has 0 atom stereocenters. The molecule has 2 aromatic carbocycles. The fraction of sp³-hybridized carbons (Fsp3) is 0.286. The number of ether oxygens (including phenoxy) is 1. The zero-order chi connectivity index (χ0) is 17.1. The molecule has 0 unspecified atom stereocenters. The summed E-state index contributed by atoms with van der Waals surface area (Å²) >= 11 is 0. The van der Waals surface area contributed by atoms with Crippen molar-refractivity contribution in [3.8, 4) is 5.75 Å². The van der Waals surface area contributed by atoms with Crippen LogP contribution in [0.3, 0.4) is 0 Å². The van der Waals surface area contributed by atoms with Crippen LogP contribution in [0.2, 0.25) is 0 Å². The molecule has 24 heavy (non-hydrogen) atoms. The molecule has 0 bridgehead atoms. The van der Waals surface area contributed by atoms with E-state index in [0.717, 1.165) is 35.1 Å². The van der Waals surface area contributed by atoms with Crippen LogP contribution in [0.25, 0.3) is 11.0 Å². The van der Waals surface area contributed by atoms with Gasteiger partial charge < -0.3 is 9.15 Å². The molecule has 0 saturated carbocycles. The summed E-state index contributed by atoms with van der Waals surface area (Å²) in [7, 11) is 0. The van der Waals surface area contributed by atoms with Crippen molar-refractivity contribution in [2.75, 3.05) is 6.61 Å². The van der Waals surface area contributed by atoms with Gasteiger partial charge in [0.15, 0.2) is 0 Å². The first-order chi connectivity index (χ1) is 11.6. The molecule has 1 heterocycles. The normalized spacial score (nSPS) is 11.0. The van der Waals surface area contributed by atoms with Crippen LogP contribution in [-0.4, -0.2) is 6.61 Å². The molecule has 0 aliphatic heterocycles. The van der Waals surface area contributed by atoms with Gasteiger partial charge in [-0.05, 0) is 43.0 Å². The van der Waals surface area contributed by atoms with Gasteiger partial charge in [-0.1, -0.05) is 37.3 Å². The number of hydrogen-bond acceptors (Lipinski definition) is 3. The average molecular weight is 322 g/mol. The third-order valence-corrected chi connectivity index (χ3v) is 4.49. The van der Waals surface area contributed by atoms with E-state index in [-0.39, 0.29) is 5.63 Å². The molecule has 0 radical (unpaired) electrons. The minimum Gasteiger partial charge on any atom is -0.493 e. The molecular weight excluding hydrogens is 300 g/mol. The Balaban J connectivity index is 1.89. The Morgan fingerprint density at radius 3 is 2.50 bits per heavy atom. The summed E-state index contributed by atoms with van der Waals surface area (Å²) in [4.78, 5) is 12.0. The van der Waals surface area contributed by atoms with Crippen LogP contribution in [0.15, 0.2) is 51.7 Å². The van der Waals surface area contributed by atoms with Gasteiger partial charge in [0.1, 0.15) is 11.3 Å². The average Bonchev–Trinajstić information content (AvgIpc) is 2.60. The lowest BCUT2D eigenvalue weighted by molar-refractivity contribution is 0.321. The first kappa shape index (κ1) is 16.3.